The van der Waals surface area contributed by atoms with E-state index >= 15 is 0 Å². The number of benzene rings is 1. The van der Waals surface area contributed by atoms with E-state index in [0.717, 1.165) is 27.9 Å². The van der Waals surface area contributed by atoms with E-state index in [-0.39, 0.29) is 5.56 Å². The SMILES string of the molecule is Cc1ccc(-c2cc(=O)n(C)cc2-c2cnn(-c3cccc(Cl)c3C#N)c2)cn1. The molecule has 0 saturated carbocycles. The number of pyridine rings is 2. The van der Waals surface area contributed by atoms with Crippen LogP contribution in [0.4, 0.5) is 0 Å². The highest BCUT2D eigenvalue weighted by Gasteiger charge is 2.15. The molecule has 3 aromatic heterocycles. The van der Waals surface area contributed by atoms with Gasteiger partial charge in [0.25, 0.3) is 5.56 Å². The van der Waals surface area contributed by atoms with Gasteiger partial charge in [0.2, 0.25) is 0 Å². The molecule has 7 heteroatoms. The molecular weight excluding hydrogens is 386 g/mol. The topological polar surface area (TPSA) is 76.5 Å². The Morgan fingerprint density at radius 3 is 2.62 bits per heavy atom. The summed E-state index contributed by atoms with van der Waals surface area (Å²) in [6, 6.07) is 12.8. The number of rotatable bonds is 3. The van der Waals surface area contributed by atoms with Gasteiger partial charge in [0.1, 0.15) is 6.07 Å². The first-order chi connectivity index (χ1) is 14.0. The normalized spacial score (nSPS) is 10.7. The molecule has 4 aromatic rings. The van der Waals surface area contributed by atoms with Crippen molar-refractivity contribution < 1.29 is 0 Å². The van der Waals surface area contributed by atoms with Gasteiger partial charge in [0.05, 0.1) is 22.5 Å². The van der Waals surface area contributed by atoms with Gasteiger partial charge in [0, 0.05) is 54.1 Å². The Balaban J connectivity index is 1.88. The molecule has 3 heterocycles. The van der Waals surface area contributed by atoms with Gasteiger partial charge in [-0.15, -0.1) is 0 Å². The molecule has 0 unspecified atom stereocenters. The lowest BCUT2D eigenvalue weighted by Gasteiger charge is -2.10. The van der Waals surface area contributed by atoms with Crippen LogP contribution >= 0.6 is 11.6 Å². The Morgan fingerprint density at radius 2 is 1.90 bits per heavy atom. The van der Waals surface area contributed by atoms with Crippen molar-refractivity contribution in [2.75, 3.05) is 0 Å². The smallest absolute Gasteiger partial charge is 0.250 e. The van der Waals surface area contributed by atoms with Crippen LogP contribution < -0.4 is 5.56 Å². The van der Waals surface area contributed by atoms with Gasteiger partial charge in [-0.05, 0) is 30.7 Å². The summed E-state index contributed by atoms with van der Waals surface area (Å²) in [5.41, 5.74) is 4.99. The van der Waals surface area contributed by atoms with Crippen LogP contribution in [0, 0.1) is 18.3 Å². The van der Waals surface area contributed by atoms with E-state index in [1.54, 1.807) is 54.6 Å². The molecule has 0 amide bonds. The molecule has 4 rings (SSSR count). The molecular formula is C22H16ClN5O. The third-order valence-corrected chi connectivity index (χ3v) is 5.01. The maximum atomic E-state index is 12.3. The molecule has 0 saturated heterocycles. The van der Waals surface area contributed by atoms with Crippen molar-refractivity contribution in [3.63, 3.8) is 0 Å². The van der Waals surface area contributed by atoms with E-state index in [0.29, 0.717) is 16.3 Å². The molecule has 142 valence electrons. The van der Waals surface area contributed by atoms with Crippen LogP contribution in [0.25, 0.3) is 27.9 Å². The van der Waals surface area contributed by atoms with E-state index in [2.05, 4.69) is 16.2 Å². The molecule has 1 aromatic carbocycles. The van der Waals surface area contributed by atoms with E-state index in [4.69, 9.17) is 11.6 Å². The molecule has 29 heavy (non-hydrogen) atoms. The number of hydrogen-bond acceptors (Lipinski definition) is 4. The molecule has 0 spiro atoms. The van der Waals surface area contributed by atoms with Crippen molar-refractivity contribution in [3.05, 3.63) is 87.8 Å². The number of hydrogen-bond donors (Lipinski definition) is 0. The van der Waals surface area contributed by atoms with Crippen molar-refractivity contribution in [2.24, 2.45) is 7.05 Å². The second-order valence-corrected chi connectivity index (χ2v) is 7.06. The minimum atomic E-state index is -0.113. The highest BCUT2D eigenvalue weighted by Crippen LogP contribution is 2.31. The summed E-state index contributed by atoms with van der Waals surface area (Å²) in [7, 11) is 1.71. The van der Waals surface area contributed by atoms with Gasteiger partial charge in [-0.1, -0.05) is 23.7 Å². The first-order valence-electron chi connectivity index (χ1n) is 8.85. The van der Waals surface area contributed by atoms with Crippen molar-refractivity contribution in [1.82, 2.24) is 19.3 Å². The first-order valence-corrected chi connectivity index (χ1v) is 9.23. The maximum Gasteiger partial charge on any atom is 0.250 e. The van der Waals surface area contributed by atoms with Gasteiger partial charge in [0.15, 0.2) is 0 Å². The third-order valence-electron chi connectivity index (χ3n) is 4.69. The summed E-state index contributed by atoms with van der Waals surface area (Å²) in [5.74, 6) is 0. The molecule has 0 aliphatic rings. The van der Waals surface area contributed by atoms with Gasteiger partial charge in [-0.3, -0.25) is 9.78 Å². The molecule has 0 atom stereocenters. The van der Waals surface area contributed by atoms with Crippen LogP contribution in [0.3, 0.4) is 0 Å². The largest absolute Gasteiger partial charge is 0.318 e. The van der Waals surface area contributed by atoms with Crippen LogP contribution in [0.15, 0.2) is 66.0 Å². The van der Waals surface area contributed by atoms with Crippen molar-refractivity contribution in [1.29, 1.82) is 5.26 Å². The van der Waals surface area contributed by atoms with Gasteiger partial charge >= 0.3 is 0 Å². The third kappa shape index (κ3) is 3.44. The van der Waals surface area contributed by atoms with E-state index in [9.17, 15) is 10.1 Å². The maximum absolute atomic E-state index is 12.3. The summed E-state index contributed by atoms with van der Waals surface area (Å²) in [4.78, 5) is 16.6. The van der Waals surface area contributed by atoms with Crippen molar-refractivity contribution in [3.8, 4) is 34.0 Å². The number of halogens is 1. The van der Waals surface area contributed by atoms with Crippen LogP contribution in [0.5, 0.6) is 0 Å². The number of aryl methyl sites for hydroxylation is 2. The second-order valence-electron chi connectivity index (χ2n) is 6.66. The lowest BCUT2D eigenvalue weighted by molar-refractivity contribution is 0.863. The predicted molar refractivity (Wildman–Crippen MR) is 112 cm³/mol. The van der Waals surface area contributed by atoms with Gasteiger partial charge < -0.3 is 4.57 Å². The number of nitrogens with zero attached hydrogens (tertiary/aromatic N) is 5. The molecule has 0 aliphatic heterocycles. The zero-order chi connectivity index (χ0) is 20.5. The summed E-state index contributed by atoms with van der Waals surface area (Å²) < 4.78 is 3.14. The van der Waals surface area contributed by atoms with Gasteiger partial charge in [-0.2, -0.15) is 10.4 Å². The van der Waals surface area contributed by atoms with E-state index < -0.39 is 0 Å². The predicted octanol–water partition coefficient (Wildman–Crippen LogP) is 4.13. The Morgan fingerprint density at radius 1 is 1.07 bits per heavy atom. The summed E-state index contributed by atoms with van der Waals surface area (Å²) >= 11 is 6.15. The molecule has 0 aliphatic carbocycles. The summed E-state index contributed by atoms with van der Waals surface area (Å²) in [5, 5.41) is 14.2. The molecule has 0 fully saturated rings. The fourth-order valence-electron chi connectivity index (χ4n) is 3.13. The van der Waals surface area contributed by atoms with E-state index in [1.807, 2.05) is 25.3 Å². The first kappa shape index (κ1) is 18.7. The van der Waals surface area contributed by atoms with Crippen LogP contribution in [-0.2, 0) is 7.05 Å². The fraction of sp³-hybridized carbons (Fsp3) is 0.0909. The van der Waals surface area contributed by atoms with Crippen molar-refractivity contribution in [2.45, 2.75) is 6.92 Å². The highest BCUT2D eigenvalue weighted by molar-refractivity contribution is 6.32. The standard InChI is InChI=1S/C22H16ClN5O/c1-14-6-7-15(10-25-14)17-8-22(29)27(2)13-19(17)16-11-26-28(12-16)21-5-3-4-20(23)18(21)9-24/h3-8,10-13H,1-2H3. The Kier molecular flexibility index (Phi) is 4.75. The quantitative estimate of drug-likeness (QED) is 0.517. The minimum Gasteiger partial charge on any atom is -0.318 e. The van der Waals surface area contributed by atoms with Gasteiger partial charge in [-0.25, -0.2) is 4.68 Å². The Hall–Kier alpha value is -3.69. The molecule has 0 N–H and O–H groups in total. The Labute approximate surface area is 172 Å². The lowest BCUT2D eigenvalue weighted by Crippen LogP contribution is -2.15. The highest BCUT2D eigenvalue weighted by atomic mass is 35.5. The molecule has 0 radical (unpaired) electrons. The van der Waals surface area contributed by atoms with Crippen LogP contribution in [-0.4, -0.2) is 19.3 Å². The Bertz CT molecular complexity index is 1310. The van der Waals surface area contributed by atoms with Crippen molar-refractivity contribution >= 4 is 11.6 Å². The van der Waals surface area contributed by atoms with Crippen LogP contribution in [0.1, 0.15) is 11.3 Å². The molecule has 6 nitrogen and oxygen atoms in total. The summed E-state index contributed by atoms with van der Waals surface area (Å²) in [6.07, 6.45) is 7.05. The minimum absolute atomic E-state index is 0.113. The number of nitriles is 1. The number of aromatic nitrogens is 4. The zero-order valence-electron chi connectivity index (χ0n) is 15.8. The second kappa shape index (κ2) is 7.38. The van der Waals surface area contributed by atoms with E-state index in [1.165, 1.54) is 4.57 Å². The average molecular weight is 402 g/mol. The fourth-order valence-corrected chi connectivity index (χ4v) is 3.35. The average Bonchev–Trinajstić information content (AvgIpc) is 3.20. The monoisotopic (exact) mass is 401 g/mol. The van der Waals surface area contributed by atoms with Crippen LogP contribution in [0.2, 0.25) is 5.02 Å². The zero-order valence-corrected chi connectivity index (χ0v) is 16.6. The summed E-state index contributed by atoms with van der Waals surface area (Å²) in [6.45, 7) is 1.91. The molecule has 0 bridgehead atoms. The lowest BCUT2D eigenvalue weighted by atomic mass is 9.99.